The number of nitrogens with one attached hydrogen (secondary N) is 2. The summed E-state index contributed by atoms with van der Waals surface area (Å²) >= 11 is 0. The van der Waals surface area contributed by atoms with Gasteiger partial charge in [-0.25, -0.2) is 9.59 Å². The summed E-state index contributed by atoms with van der Waals surface area (Å²) in [7, 11) is 0. The molecule has 3 rings (SSSR count). The second-order valence-electron chi connectivity index (χ2n) is 4.39. The highest BCUT2D eigenvalue weighted by Crippen LogP contribution is 2.28. The quantitative estimate of drug-likeness (QED) is 0.745. The Kier molecular flexibility index (Phi) is 2.63. The molecule has 3 amide bonds. The van der Waals surface area contributed by atoms with Gasteiger partial charge in [-0.05, 0) is 12.1 Å². The minimum Gasteiger partial charge on any atom is -0.478 e. The number of fused-ring (bicyclic) bond motifs is 1. The van der Waals surface area contributed by atoms with Crippen LogP contribution in [0.15, 0.2) is 18.3 Å². The topological polar surface area (TPSA) is 115 Å². The molecule has 0 aliphatic carbocycles. The summed E-state index contributed by atoms with van der Waals surface area (Å²) in [5.74, 6) is -1.44. The Bertz CT molecular complexity index is 736. The number of rotatable bonds is 2. The first-order chi connectivity index (χ1) is 9.56. The lowest BCUT2D eigenvalue weighted by molar-refractivity contribution is -0.120. The zero-order chi connectivity index (χ0) is 14.3. The van der Waals surface area contributed by atoms with Crippen LogP contribution in [0.2, 0.25) is 0 Å². The number of carbonyl (C=O) groups excluding carboxylic acids is 2. The van der Waals surface area contributed by atoms with E-state index in [4.69, 9.17) is 5.11 Å². The van der Waals surface area contributed by atoms with Crippen molar-refractivity contribution < 1.29 is 19.5 Å². The average Bonchev–Trinajstić information content (AvgIpc) is 2.86. The Labute approximate surface area is 112 Å². The van der Waals surface area contributed by atoms with Crippen LogP contribution in [0.4, 0.5) is 10.5 Å². The summed E-state index contributed by atoms with van der Waals surface area (Å²) in [5, 5.41) is 18.5. The van der Waals surface area contributed by atoms with Gasteiger partial charge in [0, 0.05) is 18.4 Å². The molecule has 20 heavy (non-hydrogen) atoms. The van der Waals surface area contributed by atoms with E-state index in [-0.39, 0.29) is 24.4 Å². The summed E-state index contributed by atoms with van der Waals surface area (Å²) < 4.78 is 0. The lowest BCUT2D eigenvalue weighted by Gasteiger charge is -2.27. The number of carbonyl (C=O) groups is 3. The lowest BCUT2D eigenvalue weighted by atomic mass is 10.1. The van der Waals surface area contributed by atoms with E-state index in [1.807, 2.05) is 0 Å². The number of benzene rings is 1. The third-order valence-electron chi connectivity index (χ3n) is 3.13. The molecule has 8 nitrogen and oxygen atoms in total. The number of carboxylic acids is 1. The van der Waals surface area contributed by atoms with Crippen LogP contribution >= 0.6 is 0 Å². The fourth-order valence-electron chi connectivity index (χ4n) is 2.17. The maximum Gasteiger partial charge on any atom is 0.335 e. The van der Waals surface area contributed by atoms with Gasteiger partial charge in [-0.2, -0.15) is 5.10 Å². The molecule has 0 spiro atoms. The van der Waals surface area contributed by atoms with Crippen LogP contribution in [0.25, 0.3) is 10.9 Å². The van der Waals surface area contributed by atoms with Gasteiger partial charge in [-0.15, -0.1) is 0 Å². The number of aromatic carboxylic acids is 1. The van der Waals surface area contributed by atoms with Crippen molar-refractivity contribution in [1.82, 2.24) is 15.5 Å². The molecule has 0 unspecified atom stereocenters. The number of anilines is 1. The predicted molar refractivity (Wildman–Crippen MR) is 68.6 cm³/mol. The highest BCUT2D eigenvalue weighted by molar-refractivity contribution is 6.10. The number of imide groups is 1. The second kappa shape index (κ2) is 4.34. The number of aromatic amines is 1. The highest BCUT2D eigenvalue weighted by atomic mass is 16.4. The van der Waals surface area contributed by atoms with Crippen LogP contribution < -0.4 is 10.2 Å². The lowest BCUT2D eigenvalue weighted by Crippen LogP contribution is -2.49. The largest absolute Gasteiger partial charge is 0.478 e. The zero-order valence-electron chi connectivity index (χ0n) is 10.2. The van der Waals surface area contributed by atoms with E-state index in [9.17, 15) is 14.4 Å². The van der Waals surface area contributed by atoms with Crippen molar-refractivity contribution in [2.75, 3.05) is 11.4 Å². The number of aromatic nitrogens is 2. The summed E-state index contributed by atoms with van der Waals surface area (Å²) in [6.45, 7) is 0.202. The van der Waals surface area contributed by atoms with Crippen molar-refractivity contribution in [1.29, 1.82) is 0 Å². The van der Waals surface area contributed by atoms with Crippen molar-refractivity contribution in [2.45, 2.75) is 6.42 Å². The molecule has 0 bridgehead atoms. The number of H-pyrrole nitrogens is 1. The fourth-order valence-corrected chi connectivity index (χ4v) is 2.17. The maximum atomic E-state index is 11.9. The Morgan fingerprint density at radius 1 is 1.35 bits per heavy atom. The second-order valence-corrected chi connectivity index (χ2v) is 4.39. The molecule has 8 heteroatoms. The van der Waals surface area contributed by atoms with Crippen molar-refractivity contribution in [3.8, 4) is 0 Å². The number of carboxylic acid groups (broad SMARTS) is 1. The van der Waals surface area contributed by atoms with Crippen LogP contribution in [-0.4, -0.2) is 39.8 Å². The van der Waals surface area contributed by atoms with Gasteiger partial charge in [0.2, 0.25) is 5.91 Å². The van der Waals surface area contributed by atoms with Crippen molar-refractivity contribution >= 4 is 34.5 Å². The van der Waals surface area contributed by atoms with Gasteiger partial charge in [0.15, 0.2) is 0 Å². The smallest absolute Gasteiger partial charge is 0.335 e. The van der Waals surface area contributed by atoms with E-state index in [1.54, 1.807) is 0 Å². The zero-order valence-corrected chi connectivity index (χ0v) is 10.2. The molecule has 0 saturated carbocycles. The number of amides is 3. The van der Waals surface area contributed by atoms with Gasteiger partial charge < -0.3 is 5.11 Å². The number of urea groups is 1. The van der Waals surface area contributed by atoms with Crippen LogP contribution in [0, 0.1) is 0 Å². The van der Waals surface area contributed by atoms with Crippen LogP contribution in [-0.2, 0) is 4.79 Å². The molecule has 102 valence electrons. The molecular weight excluding hydrogens is 264 g/mol. The van der Waals surface area contributed by atoms with E-state index in [0.717, 1.165) is 0 Å². The molecule has 1 aliphatic rings. The fraction of sp³-hybridized carbons (Fsp3) is 0.167. The Hall–Kier alpha value is -2.90. The Balaban J connectivity index is 2.14. The number of hydrogen-bond acceptors (Lipinski definition) is 4. The molecule has 1 aliphatic heterocycles. The predicted octanol–water partition coefficient (Wildman–Crippen LogP) is 0.707. The summed E-state index contributed by atoms with van der Waals surface area (Å²) in [5.41, 5.74) is 0.977. The SMILES string of the molecule is O=C1CCN(c2cc(C(=O)O)cc3[nH]ncc23)C(=O)N1. The normalized spacial score (nSPS) is 15.5. The molecule has 2 heterocycles. The van der Waals surface area contributed by atoms with Gasteiger partial charge in [-0.1, -0.05) is 0 Å². The molecule has 1 fully saturated rings. The molecule has 0 atom stereocenters. The monoisotopic (exact) mass is 274 g/mol. The summed E-state index contributed by atoms with van der Waals surface area (Å²) in [4.78, 5) is 35.5. The van der Waals surface area contributed by atoms with E-state index in [2.05, 4.69) is 15.5 Å². The summed E-state index contributed by atoms with van der Waals surface area (Å²) in [6.07, 6.45) is 1.68. The van der Waals surface area contributed by atoms with Crippen molar-refractivity contribution in [3.63, 3.8) is 0 Å². The van der Waals surface area contributed by atoms with Gasteiger partial charge in [-0.3, -0.25) is 20.1 Å². The maximum absolute atomic E-state index is 11.9. The van der Waals surface area contributed by atoms with Crippen LogP contribution in [0.1, 0.15) is 16.8 Å². The van der Waals surface area contributed by atoms with Gasteiger partial charge in [0.25, 0.3) is 0 Å². The van der Waals surface area contributed by atoms with E-state index in [1.165, 1.54) is 23.2 Å². The molecule has 1 aromatic carbocycles. The average molecular weight is 274 g/mol. The molecule has 1 aromatic heterocycles. The minimum absolute atomic E-state index is 0.0430. The van der Waals surface area contributed by atoms with E-state index >= 15 is 0 Å². The van der Waals surface area contributed by atoms with Gasteiger partial charge >= 0.3 is 12.0 Å². The van der Waals surface area contributed by atoms with Crippen LogP contribution in [0.3, 0.4) is 0 Å². The third-order valence-corrected chi connectivity index (χ3v) is 3.13. The third kappa shape index (κ3) is 1.87. The first-order valence-electron chi connectivity index (χ1n) is 5.88. The van der Waals surface area contributed by atoms with Crippen molar-refractivity contribution in [2.24, 2.45) is 0 Å². The Morgan fingerprint density at radius 2 is 2.15 bits per heavy atom. The first kappa shape index (κ1) is 12.2. The van der Waals surface area contributed by atoms with Crippen LogP contribution in [0.5, 0.6) is 0 Å². The molecule has 0 radical (unpaired) electrons. The minimum atomic E-state index is -1.10. The molecule has 2 aromatic rings. The molecule has 3 N–H and O–H groups in total. The standard InChI is InChI=1S/C12H10N4O4/c17-10-1-2-16(12(20)14-10)9-4-6(11(18)19)3-8-7(9)5-13-15-8/h3-5H,1-2H2,(H,13,15)(H,18,19)(H,14,17,20). The molecular formula is C12H10N4O4. The molecule has 1 saturated heterocycles. The van der Waals surface area contributed by atoms with Gasteiger partial charge in [0.1, 0.15) is 0 Å². The highest BCUT2D eigenvalue weighted by Gasteiger charge is 2.26. The van der Waals surface area contributed by atoms with Gasteiger partial charge in [0.05, 0.1) is 23.0 Å². The Morgan fingerprint density at radius 3 is 2.85 bits per heavy atom. The van der Waals surface area contributed by atoms with E-state index in [0.29, 0.717) is 16.6 Å². The first-order valence-corrected chi connectivity index (χ1v) is 5.88. The number of hydrogen-bond donors (Lipinski definition) is 3. The van der Waals surface area contributed by atoms with Crippen molar-refractivity contribution in [3.05, 3.63) is 23.9 Å². The van der Waals surface area contributed by atoms with E-state index < -0.39 is 12.0 Å². The number of nitrogens with zero attached hydrogens (tertiary/aromatic N) is 2. The summed E-state index contributed by atoms with van der Waals surface area (Å²) in [6, 6.07) is 2.28.